The van der Waals surface area contributed by atoms with E-state index in [4.69, 9.17) is 0 Å². The molecule has 3 rings (SSSR count). The van der Waals surface area contributed by atoms with Crippen molar-refractivity contribution in [2.45, 2.75) is 4.90 Å². The molecule has 11 heteroatoms. The standard InChI is InChI=1S/C13H6F5N3O2S/c14-8-9(15)11(17)13(12(18)10(8)16)24(22,23)21-6-1-2-7-5(3-6)4-19-20-7/h1-4H,(H,19,20)(H,21,22,23)/p+1. The second-order valence-electron chi connectivity index (χ2n) is 4.70. The zero-order valence-electron chi connectivity index (χ0n) is 11.4. The van der Waals surface area contributed by atoms with Crippen LogP contribution in [-0.4, -0.2) is 18.6 Å². The number of benzene rings is 2. The third-order valence-electron chi connectivity index (χ3n) is 3.14. The van der Waals surface area contributed by atoms with Crippen LogP contribution in [-0.2, 0) is 10.0 Å². The molecule has 1 heterocycles. The summed E-state index contributed by atoms with van der Waals surface area (Å²) in [4.78, 5) is -1.84. The highest BCUT2D eigenvalue weighted by molar-refractivity contribution is 7.92. The van der Waals surface area contributed by atoms with Crippen LogP contribution in [0.15, 0.2) is 29.3 Å². The predicted molar refractivity (Wildman–Crippen MR) is 74.3 cm³/mol. The Morgan fingerprint density at radius 1 is 1.00 bits per heavy atom. The van der Waals surface area contributed by atoms with Crippen LogP contribution in [0.3, 0.4) is 0 Å². The van der Waals surface area contributed by atoms with Gasteiger partial charge in [0.1, 0.15) is 0 Å². The predicted octanol–water partition coefficient (Wildman–Crippen LogP) is 3.22. The Labute approximate surface area is 131 Å². The van der Waals surface area contributed by atoms with E-state index in [0.29, 0.717) is 10.9 Å². The van der Waals surface area contributed by atoms with E-state index in [0.717, 1.165) is 0 Å². The second-order valence-corrected chi connectivity index (χ2v) is 6.36. The normalized spacial score (nSPS) is 13.9. The number of rotatable bonds is 3. The Morgan fingerprint density at radius 2 is 1.58 bits per heavy atom. The first-order chi connectivity index (χ1) is 11.2. The minimum atomic E-state index is -4.82. The van der Waals surface area contributed by atoms with Crippen molar-refractivity contribution in [2.24, 2.45) is 0 Å². The molecule has 0 saturated carbocycles. The number of anilines is 1. The van der Waals surface area contributed by atoms with E-state index in [-0.39, 0.29) is 5.69 Å². The number of H-pyrrole nitrogens is 1. The van der Waals surface area contributed by atoms with Crippen molar-refractivity contribution >= 4 is 26.6 Å². The molecule has 0 radical (unpaired) electrons. The molecular formula is C13H7F5N3O2S+. The molecule has 126 valence electrons. The fourth-order valence-electron chi connectivity index (χ4n) is 2.04. The Morgan fingerprint density at radius 3 is 2.21 bits per heavy atom. The topological polar surface area (TPSA) is 79.2 Å². The zero-order chi connectivity index (χ0) is 17.6. The number of hydrogen-bond donors (Lipinski definition) is 2. The van der Waals surface area contributed by atoms with E-state index in [1.54, 1.807) is 0 Å². The van der Waals surface area contributed by atoms with Gasteiger partial charge in [-0.1, -0.05) is 0 Å². The fraction of sp³-hybridized carbons (Fsp3) is 0. The highest BCUT2D eigenvalue weighted by Gasteiger charge is 2.37. The molecule has 0 aliphatic heterocycles. The Bertz CT molecular complexity index is 1040. The lowest BCUT2D eigenvalue weighted by Crippen LogP contribution is -2.19. The molecule has 0 aliphatic carbocycles. The molecule has 24 heavy (non-hydrogen) atoms. The number of fused-ring (bicyclic) bond motifs is 1. The molecule has 1 atom stereocenters. The Kier molecular flexibility index (Phi) is 3.67. The lowest BCUT2D eigenvalue weighted by atomic mass is 10.2. The maximum atomic E-state index is 13.7. The van der Waals surface area contributed by atoms with Crippen LogP contribution in [0, 0.1) is 29.1 Å². The first kappa shape index (κ1) is 16.2. The van der Waals surface area contributed by atoms with Gasteiger partial charge in [-0.05, 0) is 18.2 Å². The molecule has 1 aromatic heterocycles. The number of aromatic amines is 1. The minimum absolute atomic E-state index is 0.0830. The third-order valence-corrected chi connectivity index (χ3v) is 4.57. The maximum Gasteiger partial charge on any atom is 0.402 e. The molecule has 0 amide bonds. The van der Waals surface area contributed by atoms with Gasteiger partial charge >= 0.3 is 10.0 Å². The van der Waals surface area contributed by atoms with Crippen molar-refractivity contribution < 1.29 is 30.4 Å². The molecule has 0 spiro atoms. The van der Waals surface area contributed by atoms with Crippen LogP contribution in [0.4, 0.5) is 27.6 Å². The molecule has 0 saturated heterocycles. The van der Waals surface area contributed by atoms with Crippen LogP contribution < -0.4 is 4.72 Å². The molecule has 0 fully saturated rings. The molecule has 2 aromatic carbocycles. The van der Waals surface area contributed by atoms with Gasteiger partial charge < -0.3 is 0 Å². The van der Waals surface area contributed by atoms with Gasteiger partial charge in [0.15, 0.2) is 23.3 Å². The number of nitrogens with one attached hydrogen (secondary N) is 2. The zero-order valence-corrected chi connectivity index (χ0v) is 12.2. The fourth-order valence-corrected chi connectivity index (χ4v) is 3.26. The molecule has 0 aliphatic rings. The van der Waals surface area contributed by atoms with E-state index in [1.807, 2.05) is 4.72 Å². The number of aromatic nitrogens is 2. The summed E-state index contributed by atoms with van der Waals surface area (Å²) in [5.74, 6) is -11.8. The number of halogens is 5. The molecule has 3 N–H and O–H groups in total. The van der Waals surface area contributed by atoms with Gasteiger partial charge in [0.2, 0.25) is 10.7 Å². The molecule has 3 aromatic rings. The van der Waals surface area contributed by atoms with Gasteiger partial charge in [0, 0.05) is 5.39 Å². The minimum Gasteiger partial charge on any atom is -0.278 e. The highest BCUT2D eigenvalue weighted by Crippen LogP contribution is 2.28. The van der Waals surface area contributed by atoms with Gasteiger partial charge in [0.05, 0.1) is 17.4 Å². The lowest BCUT2D eigenvalue weighted by molar-refractivity contribution is 0.358. The molecule has 0 bridgehead atoms. The number of nitrogens with zero attached hydrogens (tertiary/aromatic N) is 1. The van der Waals surface area contributed by atoms with Crippen molar-refractivity contribution in [3.8, 4) is 0 Å². The van der Waals surface area contributed by atoms with Gasteiger partial charge in [-0.3, -0.25) is 5.10 Å². The van der Waals surface area contributed by atoms with Gasteiger partial charge in [-0.2, -0.15) is 9.31 Å². The summed E-state index contributed by atoms with van der Waals surface area (Å²) in [6.07, 6.45) is 1.37. The van der Waals surface area contributed by atoms with Crippen LogP contribution in [0.5, 0.6) is 0 Å². The average Bonchev–Trinajstić information content (AvgIpc) is 2.98. The first-order valence-corrected chi connectivity index (χ1v) is 7.73. The van der Waals surface area contributed by atoms with Crippen molar-refractivity contribution in [2.75, 3.05) is 4.72 Å². The van der Waals surface area contributed by atoms with Gasteiger partial charge in [-0.15, -0.1) is 0 Å². The van der Waals surface area contributed by atoms with Crippen molar-refractivity contribution in [3.63, 3.8) is 0 Å². The summed E-state index contributed by atoms with van der Waals surface area (Å²) < 4.78 is 90.7. The Balaban J connectivity index is 2.11. The number of hydrogen-bond acceptors (Lipinski definition) is 2. The highest BCUT2D eigenvalue weighted by atomic mass is 32.2. The molecular weight excluding hydrogens is 357 g/mol. The van der Waals surface area contributed by atoms with Gasteiger partial charge in [0.25, 0.3) is 0 Å². The lowest BCUT2D eigenvalue weighted by Gasteiger charge is -2.08. The van der Waals surface area contributed by atoms with Gasteiger partial charge in [-0.25, -0.2) is 30.9 Å². The van der Waals surface area contributed by atoms with Crippen molar-refractivity contribution in [1.29, 1.82) is 0 Å². The van der Waals surface area contributed by atoms with Crippen LogP contribution in [0.25, 0.3) is 10.9 Å². The van der Waals surface area contributed by atoms with E-state index in [9.17, 15) is 30.4 Å². The molecule has 5 nitrogen and oxygen atoms in total. The van der Waals surface area contributed by atoms with Crippen LogP contribution in [0.2, 0.25) is 0 Å². The Hall–Kier alpha value is -2.69. The summed E-state index contributed by atoms with van der Waals surface area (Å²) in [5, 5.41) is 6.81. The monoisotopic (exact) mass is 364 g/mol. The SMILES string of the molecule is O=S(=[OH+])(Nc1ccc2[nH]ncc2c1)c1c(F)c(F)c(F)c(F)c1F. The summed E-state index contributed by atoms with van der Waals surface area (Å²) in [6, 6.07) is 4.02. The first-order valence-electron chi connectivity index (χ1n) is 6.21. The van der Waals surface area contributed by atoms with E-state index in [2.05, 4.69) is 10.2 Å². The average molecular weight is 364 g/mol. The molecule has 1 unspecified atom stereocenters. The second kappa shape index (κ2) is 5.44. The smallest absolute Gasteiger partial charge is 0.278 e. The van der Waals surface area contributed by atoms with E-state index >= 15 is 0 Å². The largest absolute Gasteiger partial charge is 0.402 e. The van der Waals surface area contributed by atoms with E-state index < -0.39 is 44.0 Å². The van der Waals surface area contributed by atoms with Crippen molar-refractivity contribution in [3.05, 3.63) is 53.5 Å². The summed E-state index contributed by atoms with van der Waals surface area (Å²) >= 11 is 0. The summed E-state index contributed by atoms with van der Waals surface area (Å²) in [5.41, 5.74) is 0.488. The maximum absolute atomic E-state index is 13.7. The third kappa shape index (κ3) is 2.46. The van der Waals surface area contributed by atoms with E-state index in [1.165, 1.54) is 24.4 Å². The van der Waals surface area contributed by atoms with Crippen molar-refractivity contribution in [1.82, 2.24) is 10.2 Å². The summed E-state index contributed by atoms with van der Waals surface area (Å²) in [7, 11) is -4.82. The van der Waals surface area contributed by atoms with Crippen LogP contribution in [0.1, 0.15) is 0 Å². The summed E-state index contributed by atoms with van der Waals surface area (Å²) in [6.45, 7) is 0. The quantitative estimate of drug-likeness (QED) is 0.324. The van der Waals surface area contributed by atoms with Crippen LogP contribution >= 0.6 is 0 Å².